The standard InChI is InChI=1S/C18H31O5P.2Na/c1-15(2)9-7-11-17(4)13-8-12-16(3)10-5-6-14-23-24(21,22)18(19)20;;/h9-10,13H,5-8,11-12,14H2,1-4H3,(H,19,20)(H,21,22);;/q;2*+1/p-2/b16-10+,17-13+;;. The van der Waals surface area contributed by atoms with Gasteiger partial charge in [0.15, 0.2) is 7.60 Å². The van der Waals surface area contributed by atoms with Crippen molar-refractivity contribution in [3.8, 4) is 0 Å². The van der Waals surface area contributed by atoms with Crippen LogP contribution in [0, 0.1) is 0 Å². The molecule has 0 N–H and O–H groups in total. The summed E-state index contributed by atoms with van der Waals surface area (Å²) in [5.41, 5.74) is 1.80. The Morgan fingerprint density at radius 2 is 1.38 bits per heavy atom. The number of hydrogen-bond acceptors (Lipinski definition) is 5. The smallest absolute Gasteiger partial charge is 0.774 e. The fourth-order valence-corrected chi connectivity index (χ4v) is 2.48. The molecule has 1 atom stereocenters. The Kier molecular flexibility index (Phi) is 21.7. The van der Waals surface area contributed by atoms with Gasteiger partial charge in [-0.15, -0.1) is 0 Å². The van der Waals surface area contributed by atoms with E-state index in [2.05, 4.69) is 37.4 Å². The molecule has 0 spiro atoms. The molecule has 8 heteroatoms. The Morgan fingerprint density at radius 1 is 0.923 bits per heavy atom. The third-order valence-corrected chi connectivity index (χ3v) is 4.42. The Bertz CT molecular complexity index is 538. The molecule has 5 nitrogen and oxygen atoms in total. The van der Waals surface area contributed by atoms with E-state index in [9.17, 15) is 19.4 Å². The van der Waals surface area contributed by atoms with Gasteiger partial charge in [-0.3, -0.25) is 0 Å². The first kappa shape index (κ1) is 31.5. The van der Waals surface area contributed by atoms with Gasteiger partial charge in [-0.2, -0.15) is 0 Å². The number of carbonyl (C=O) groups is 1. The Morgan fingerprint density at radius 3 is 1.85 bits per heavy atom. The van der Waals surface area contributed by atoms with E-state index in [0.29, 0.717) is 12.8 Å². The molecule has 0 bridgehead atoms. The van der Waals surface area contributed by atoms with E-state index in [0.717, 1.165) is 25.7 Å². The van der Waals surface area contributed by atoms with Crippen LogP contribution in [0.4, 0.5) is 4.79 Å². The van der Waals surface area contributed by atoms with Crippen molar-refractivity contribution >= 4 is 13.3 Å². The molecular weight excluding hydrogens is 373 g/mol. The van der Waals surface area contributed by atoms with Crippen molar-refractivity contribution < 1.29 is 83.0 Å². The molecule has 1 unspecified atom stereocenters. The topological polar surface area (TPSA) is 89.5 Å². The third-order valence-electron chi connectivity index (χ3n) is 3.45. The first-order valence-corrected chi connectivity index (χ1v) is 9.81. The average molecular weight is 402 g/mol. The molecule has 0 aromatic rings. The van der Waals surface area contributed by atoms with E-state index in [1.54, 1.807) is 0 Å². The summed E-state index contributed by atoms with van der Waals surface area (Å²) in [5.74, 6) is 0. The van der Waals surface area contributed by atoms with Crippen LogP contribution < -0.4 is 69.1 Å². The predicted octanol–water partition coefficient (Wildman–Crippen LogP) is -1.89. The van der Waals surface area contributed by atoms with E-state index >= 15 is 0 Å². The quantitative estimate of drug-likeness (QED) is 0.165. The summed E-state index contributed by atoms with van der Waals surface area (Å²) >= 11 is 0. The maximum atomic E-state index is 10.9. The Balaban J connectivity index is -0.00000264. The minimum absolute atomic E-state index is 0. The molecule has 0 aliphatic carbocycles. The zero-order valence-corrected chi connectivity index (χ0v) is 22.1. The fourth-order valence-electron chi connectivity index (χ4n) is 2.01. The van der Waals surface area contributed by atoms with Crippen LogP contribution in [0.1, 0.15) is 66.2 Å². The van der Waals surface area contributed by atoms with Gasteiger partial charge in [-0.05, 0) is 66.2 Å². The zero-order chi connectivity index (χ0) is 18.6. The molecule has 0 saturated carbocycles. The van der Waals surface area contributed by atoms with Gasteiger partial charge in [0.25, 0.3) is 0 Å². The van der Waals surface area contributed by atoms with Crippen molar-refractivity contribution in [3.63, 3.8) is 0 Å². The second-order valence-electron chi connectivity index (χ2n) is 6.20. The van der Waals surface area contributed by atoms with Gasteiger partial charge in [0.1, 0.15) is 5.71 Å². The van der Waals surface area contributed by atoms with Crippen LogP contribution in [-0.2, 0) is 9.09 Å². The molecule has 0 aromatic carbocycles. The molecule has 0 aliphatic rings. The van der Waals surface area contributed by atoms with Gasteiger partial charge in [-0.25, -0.2) is 0 Å². The van der Waals surface area contributed by atoms with Crippen molar-refractivity contribution in [2.24, 2.45) is 0 Å². The predicted molar refractivity (Wildman–Crippen MR) is 93.6 cm³/mol. The van der Waals surface area contributed by atoms with Crippen LogP contribution in [0.5, 0.6) is 0 Å². The van der Waals surface area contributed by atoms with E-state index in [1.807, 2.05) is 13.0 Å². The largest absolute Gasteiger partial charge is 1.00 e. The molecule has 0 radical (unpaired) electrons. The number of rotatable bonds is 12. The molecular formula is C18H29Na2O5P. The number of hydrogen-bond donors (Lipinski definition) is 0. The first-order valence-electron chi connectivity index (χ1n) is 8.27. The molecule has 0 rings (SSSR count). The fraction of sp³-hybridized carbons (Fsp3) is 0.611. The summed E-state index contributed by atoms with van der Waals surface area (Å²) in [5, 5.41) is 10.2. The molecule has 0 aromatic heterocycles. The maximum Gasteiger partial charge on any atom is 1.00 e. The summed E-state index contributed by atoms with van der Waals surface area (Å²) in [6, 6.07) is 0. The number of carbonyl (C=O) groups excluding carboxylic acids is 1. The van der Waals surface area contributed by atoms with Crippen molar-refractivity contribution in [2.45, 2.75) is 66.2 Å². The summed E-state index contributed by atoms with van der Waals surface area (Å²) < 4.78 is 15.2. The van der Waals surface area contributed by atoms with Crippen molar-refractivity contribution in [3.05, 3.63) is 34.9 Å². The van der Waals surface area contributed by atoms with E-state index in [-0.39, 0.29) is 65.7 Å². The normalized spacial score (nSPS) is 13.9. The molecule has 138 valence electrons. The minimum Gasteiger partial charge on any atom is -0.774 e. The summed E-state index contributed by atoms with van der Waals surface area (Å²) in [7, 11) is -4.85. The molecule has 0 heterocycles. The maximum absolute atomic E-state index is 10.9. The second kappa shape index (κ2) is 17.9. The van der Waals surface area contributed by atoms with Crippen LogP contribution in [0.3, 0.4) is 0 Å². The molecule has 0 amide bonds. The number of carboxylic acid groups (broad SMARTS) is 1. The van der Waals surface area contributed by atoms with Gasteiger partial charge in [0, 0.05) is 0 Å². The van der Waals surface area contributed by atoms with E-state index < -0.39 is 13.3 Å². The number of allylic oxidation sites excluding steroid dienone is 6. The van der Waals surface area contributed by atoms with Crippen molar-refractivity contribution in [1.29, 1.82) is 0 Å². The second-order valence-corrected chi connectivity index (χ2v) is 7.82. The third kappa shape index (κ3) is 18.2. The van der Waals surface area contributed by atoms with Crippen LogP contribution in [-0.4, -0.2) is 12.3 Å². The number of unbranched alkanes of at least 4 members (excludes halogenated alkanes) is 1. The minimum atomic E-state index is -4.85. The van der Waals surface area contributed by atoms with Gasteiger partial charge in [0.2, 0.25) is 0 Å². The van der Waals surface area contributed by atoms with Gasteiger partial charge in [0.05, 0.1) is 6.61 Å². The first-order chi connectivity index (χ1) is 11.1. The van der Waals surface area contributed by atoms with Crippen molar-refractivity contribution in [2.75, 3.05) is 6.61 Å². The molecule has 0 saturated heterocycles. The summed E-state index contributed by atoms with van der Waals surface area (Å²) in [6.45, 7) is 8.25. The Hall–Kier alpha value is 0.840. The monoisotopic (exact) mass is 402 g/mol. The van der Waals surface area contributed by atoms with E-state index in [4.69, 9.17) is 0 Å². The van der Waals surface area contributed by atoms with Crippen LogP contribution >= 0.6 is 7.60 Å². The molecule has 26 heavy (non-hydrogen) atoms. The van der Waals surface area contributed by atoms with Gasteiger partial charge in [-0.1, -0.05) is 34.9 Å². The van der Waals surface area contributed by atoms with Crippen LogP contribution in [0.25, 0.3) is 0 Å². The molecule has 0 aliphatic heterocycles. The SMILES string of the molecule is CC(C)=CCC/C(C)=C/CC/C(C)=C/CCCOP(=O)([O-])C(=O)[O-].[Na+].[Na+]. The molecule has 0 fully saturated rings. The average Bonchev–Trinajstić information content (AvgIpc) is 2.46. The van der Waals surface area contributed by atoms with Crippen molar-refractivity contribution in [1.82, 2.24) is 0 Å². The Labute approximate surface area is 202 Å². The van der Waals surface area contributed by atoms with Gasteiger partial charge >= 0.3 is 59.1 Å². The van der Waals surface area contributed by atoms with Gasteiger partial charge < -0.3 is 23.9 Å². The van der Waals surface area contributed by atoms with Crippen LogP contribution in [0.2, 0.25) is 0 Å². The van der Waals surface area contributed by atoms with Crippen LogP contribution in [0.15, 0.2) is 34.9 Å². The summed E-state index contributed by atoms with van der Waals surface area (Å²) in [6.07, 6.45) is 11.7. The van der Waals surface area contributed by atoms with E-state index in [1.165, 1.54) is 16.7 Å². The summed E-state index contributed by atoms with van der Waals surface area (Å²) in [4.78, 5) is 21.1. The zero-order valence-electron chi connectivity index (χ0n) is 17.2.